The number of amides is 1. The Morgan fingerprint density at radius 1 is 1.40 bits per heavy atom. The van der Waals surface area contributed by atoms with Crippen molar-refractivity contribution in [1.82, 2.24) is 9.88 Å². The second kappa shape index (κ2) is 6.07. The van der Waals surface area contributed by atoms with Gasteiger partial charge in [-0.15, -0.1) is 0 Å². The third kappa shape index (κ3) is 3.18. The first-order valence-corrected chi connectivity index (χ1v) is 7.16. The van der Waals surface area contributed by atoms with Gasteiger partial charge >= 0.3 is 0 Å². The fraction of sp³-hybridized carbons (Fsp3) is 0.500. The maximum atomic E-state index is 12.2. The topological polar surface area (TPSA) is 51.1 Å². The second-order valence-corrected chi connectivity index (χ2v) is 5.52. The van der Waals surface area contributed by atoms with Crippen molar-refractivity contribution in [3.8, 4) is 0 Å². The van der Waals surface area contributed by atoms with Gasteiger partial charge in [0.05, 0.1) is 0 Å². The Bertz CT molecular complexity index is 599. The van der Waals surface area contributed by atoms with Crippen LogP contribution >= 0.6 is 0 Å². The summed E-state index contributed by atoms with van der Waals surface area (Å²) in [6, 6.07) is 1.49. The molecule has 0 saturated carbocycles. The number of pyridine rings is 1. The molecular weight excluding hydrogens is 252 g/mol. The zero-order chi connectivity index (χ0) is 14.7. The number of nitrogens with zero attached hydrogens (tertiary/aromatic N) is 1. The molecule has 0 saturated heterocycles. The number of aryl methyl sites for hydroxylation is 2. The van der Waals surface area contributed by atoms with E-state index in [1.165, 1.54) is 24.5 Å². The average molecular weight is 274 g/mol. The van der Waals surface area contributed by atoms with Gasteiger partial charge in [0, 0.05) is 31.0 Å². The highest BCUT2D eigenvalue weighted by Crippen LogP contribution is 2.20. The van der Waals surface area contributed by atoms with E-state index >= 15 is 0 Å². The highest BCUT2D eigenvalue weighted by atomic mass is 16.2. The predicted molar refractivity (Wildman–Crippen MR) is 79.9 cm³/mol. The Kier molecular flexibility index (Phi) is 4.42. The summed E-state index contributed by atoms with van der Waals surface area (Å²) in [5.41, 5.74) is 2.10. The third-order valence-corrected chi connectivity index (χ3v) is 3.96. The molecule has 1 N–H and O–H groups in total. The van der Waals surface area contributed by atoms with Crippen LogP contribution in [0.25, 0.3) is 0 Å². The molecule has 0 bridgehead atoms. The van der Waals surface area contributed by atoms with Gasteiger partial charge in [-0.1, -0.05) is 11.6 Å². The monoisotopic (exact) mass is 274 g/mol. The molecule has 0 spiro atoms. The number of nitrogens with one attached hydrogen (secondary N) is 1. The number of carbonyl (C=O) groups is 1. The lowest BCUT2D eigenvalue weighted by atomic mass is 9.94. The summed E-state index contributed by atoms with van der Waals surface area (Å²) in [5.74, 6) is -0.287. The smallest absolute Gasteiger partial charge is 0.257 e. The van der Waals surface area contributed by atoms with Crippen LogP contribution in [0.5, 0.6) is 0 Å². The first kappa shape index (κ1) is 14.6. The van der Waals surface area contributed by atoms with Gasteiger partial charge in [0.15, 0.2) is 5.43 Å². The number of carbonyl (C=O) groups excluding carboxylic acids is 1. The molecule has 1 aromatic rings. The van der Waals surface area contributed by atoms with Gasteiger partial charge in [-0.25, -0.2) is 0 Å². The minimum atomic E-state index is -0.287. The number of aromatic nitrogens is 1. The number of hydrogen-bond acceptors (Lipinski definition) is 2. The lowest BCUT2D eigenvalue weighted by Crippen LogP contribution is -2.37. The summed E-state index contributed by atoms with van der Waals surface area (Å²) < 4.78 is 1.79. The molecule has 2 rings (SSSR count). The van der Waals surface area contributed by atoms with Crippen molar-refractivity contribution in [3.63, 3.8) is 0 Å². The molecule has 1 amide bonds. The summed E-state index contributed by atoms with van der Waals surface area (Å²) in [7, 11) is 1.83. The van der Waals surface area contributed by atoms with Crippen molar-refractivity contribution in [3.05, 3.63) is 45.4 Å². The maximum Gasteiger partial charge on any atom is 0.257 e. The molecule has 0 aromatic carbocycles. The first-order valence-electron chi connectivity index (χ1n) is 7.16. The van der Waals surface area contributed by atoms with Crippen molar-refractivity contribution in [2.24, 2.45) is 7.05 Å². The standard InChI is InChI=1S/C16H22N2O2/c1-11-9-15(19)14(10-18(11)3)16(20)17-12(2)13-7-5-4-6-8-13/h7,9-10,12H,4-6,8H2,1-3H3,(H,17,20). The van der Waals surface area contributed by atoms with E-state index in [0.717, 1.165) is 18.5 Å². The van der Waals surface area contributed by atoms with Crippen LogP contribution in [0, 0.1) is 6.92 Å². The Morgan fingerprint density at radius 3 is 2.80 bits per heavy atom. The van der Waals surface area contributed by atoms with E-state index in [1.54, 1.807) is 10.8 Å². The van der Waals surface area contributed by atoms with Gasteiger partial charge in [-0.2, -0.15) is 0 Å². The van der Waals surface area contributed by atoms with E-state index < -0.39 is 0 Å². The second-order valence-electron chi connectivity index (χ2n) is 5.52. The predicted octanol–water partition coefficient (Wildman–Crippen LogP) is 2.31. The van der Waals surface area contributed by atoms with Crippen molar-refractivity contribution in [2.45, 2.75) is 45.6 Å². The summed E-state index contributed by atoms with van der Waals surface area (Å²) in [5, 5.41) is 2.93. The van der Waals surface area contributed by atoms with Crippen LogP contribution in [0.2, 0.25) is 0 Å². The first-order chi connectivity index (χ1) is 9.49. The minimum Gasteiger partial charge on any atom is -0.354 e. The summed E-state index contributed by atoms with van der Waals surface area (Å²) in [6.45, 7) is 3.83. The molecule has 0 aliphatic heterocycles. The van der Waals surface area contributed by atoms with E-state index in [2.05, 4.69) is 11.4 Å². The number of allylic oxidation sites excluding steroid dienone is 1. The Hall–Kier alpha value is -1.84. The molecule has 1 atom stereocenters. The maximum absolute atomic E-state index is 12.2. The fourth-order valence-corrected chi connectivity index (χ4v) is 2.52. The molecule has 20 heavy (non-hydrogen) atoms. The molecule has 1 heterocycles. The van der Waals surface area contributed by atoms with Crippen LogP contribution in [-0.4, -0.2) is 16.5 Å². The zero-order valence-corrected chi connectivity index (χ0v) is 12.4. The van der Waals surface area contributed by atoms with Crippen LogP contribution in [-0.2, 0) is 7.05 Å². The lowest BCUT2D eigenvalue weighted by Gasteiger charge is -2.21. The molecule has 4 heteroatoms. The fourth-order valence-electron chi connectivity index (χ4n) is 2.52. The minimum absolute atomic E-state index is 0.00573. The number of rotatable bonds is 3. The summed E-state index contributed by atoms with van der Waals surface area (Å²) in [6.07, 6.45) is 8.34. The van der Waals surface area contributed by atoms with Crippen LogP contribution < -0.4 is 10.7 Å². The molecular formula is C16H22N2O2. The van der Waals surface area contributed by atoms with Gasteiger partial charge in [0.25, 0.3) is 5.91 Å². The van der Waals surface area contributed by atoms with Crippen LogP contribution in [0.1, 0.15) is 48.7 Å². The molecule has 108 valence electrons. The van der Waals surface area contributed by atoms with Crippen molar-refractivity contribution >= 4 is 5.91 Å². The van der Waals surface area contributed by atoms with Crippen LogP contribution in [0.3, 0.4) is 0 Å². The third-order valence-electron chi connectivity index (χ3n) is 3.96. The lowest BCUT2D eigenvalue weighted by molar-refractivity contribution is 0.0942. The quantitative estimate of drug-likeness (QED) is 0.860. The average Bonchev–Trinajstić information content (AvgIpc) is 2.43. The Balaban J connectivity index is 2.14. The summed E-state index contributed by atoms with van der Waals surface area (Å²) >= 11 is 0. The highest BCUT2D eigenvalue weighted by molar-refractivity contribution is 5.94. The van der Waals surface area contributed by atoms with Crippen LogP contribution in [0.4, 0.5) is 0 Å². The van der Waals surface area contributed by atoms with Gasteiger partial charge in [-0.05, 0) is 39.5 Å². The zero-order valence-electron chi connectivity index (χ0n) is 12.4. The van der Waals surface area contributed by atoms with Gasteiger partial charge in [-0.3, -0.25) is 9.59 Å². The Morgan fingerprint density at radius 2 is 2.15 bits per heavy atom. The largest absolute Gasteiger partial charge is 0.354 e. The van der Waals surface area contributed by atoms with Gasteiger partial charge in [0.2, 0.25) is 0 Å². The SMILES string of the molecule is Cc1cc(=O)c(C(=O)NC(C)C2=CCCCC2)cn1C. The summed E-state index contributed by atoms with van der Waals surface area (Å²) in [4.78, 5) is 24.1. The van der Waals surface area contributed by atoms with Crippen molar-refractivity contribution in [1.29, 1.82) is 0 Å². The molecule has 4 nitrogen and oxygen atoms in total. The highest BCUT2D eigenvalue weighted by Gasteiger charge is 2.17. The molecule has 0 fully saturated rings. The van der Waals surface area contributed by atoms with Crippen molar-refractivity contribution in [2.75, 3.05) is 0 Å². The van der Waals surface area contributed by atoms with E-state index in [4.69, 9.17) is 0 Å². The normalized spacial score (nSPS) is 16.4. The molecule has 1 aromatic heterocycles. The molecule has 1 unspecified atom stereocenters. The molecule has 1 aliphatic carbocycles. The van der Waals surface area contributed by atoms with E-state index in [0.29, 0.717) is 0 Å². The molecule has 1 aliphatic rings. The van der Waals surface area contributed by atoms with Gasteiger partial charge in [0.1, 0.15) is 5.56 Å². The van der Waals surface area contributed by atoms with E-state index in [9.17, 15) is 9.59 Å². The number of hydrogen-bond donors (Lipinski definition) is 1. The van der Waals surface area contributed by atoms with Crippen molar-refractivity contribution < 1.29 is 4.79 Å². The van der Waals surface area contributed by atoms with Crippen LogP contribution in [0.15, 0.2) is 28.7 Å². The van der Waals surface area contributed by atoms with Gasteiger partial charge < -0.3 is 9.88 Å². The Labute approximate surface area is 119 Å². The van der Waals surface area contributed by atoms with E-state index in [1.807, 2.05) is 20.9 Å². The van der Waals surface area contributed by atoms with E-state index in [-0.39, 0.29) is 22.9 Å². The molecule has 0 radical (unpaired) electrons.